The second kappa shape index (κ2) is 13.6. The Morgan fingerprint density at radius 2 is 1.72 bits per heavy atom. The van der Waals surface area contributed by atoms with Crippen molar-refractivity contribution in [3.63, 3.8) is 0 Å². The van der Waals surface area contributed by atoms with E-state index in [9.17, 15) is 19.2 Å². The molecule has 0 fully saturated rings. The van der Waals surface area contributed by atoms with Crippen molar-refractivity contribution in [1.29, 1.82) is 0 Å². The molecule has 0 bridgehead atoms. The van der Waals surface area contributed by atoms with Crippen LogP contribution in [0, 0.1) is 5.92 Å². The summed E-state index contributed by atoms with van der Waals surface area (Å²) in [7, 11) is 0. The minimum Gasteiger partial charge on any atom is -0.480 e. The summed E-state index contributed by atoms with van der Waals surface area (Å²) >= 11 is 4.00. The summed E-state index contributed by atoms with van der Waals surface area (Å²) in [6.07, 6.45) is 0.804. The zero-order valence-electron chi connectivity index (χ0n) is 16.6. The highest BCUT2D eigenvalue weighted by Gasteiger charge is 2.27. The molecule has 0 heterocycles. The molecular formula is C16H31N7O5S. The Morgan fingerprint density at radius 1 is 1.10 bits per heavy atom. The summed E-state index contributed by atoms with van der Waals surface area (Å²) in [4.78, 5) is 51.0. The van der Waals surface area contributed by atoms with E-state index in [4.69, 9.17) is 22.3 Å². The molecule has 3 unspecified atom stereocenters. The maximum atomic E-state index is 12.2. The van der Waals surface area contributed by atoms with Crippen LogP contribution in [0.25, 0.3) is 0 Å². The monoisotopic (exact) mass is 433 g/mol. The predicted molar refractivity (Wildman–Crippen MR) is 111 cm³/mol. The maximum Gasteiger partial charge on any atom is 0.326 e. The zero-order chi connectivity index (χ0) is 22.6. The van der Waals surface area contributed by atoms with Crippen LogP contribution in [-0.2, 0) is 19.2 Å². The largest absolute Gasteiger partial charge is 0.480 e. The predicted octanol–water partition coefficient (Wildman–Crippen LogP) is -2.88. The zero-order valence-corrected chi connectivity index (χ0v) is 17.4. The van der Waals surface area contributed by atoms with E-state index in [1.165, 1.54) is 0 Å². The average Bonchev–Trinajstić information content (AvgIpc) is 2.64. The Bertz CT molecular complexity index is 610. The third-order valence-electron chi connectivity index (χ3n) is 3.79. The lowest BCUT2D eigenvalue weighted by molar-refractivity contribution is -0.143. The number of carbonyl (C=O) groups excluding carboxylic acids is 3. The summed E-state index contributed by atoms with van der Waals surface area (Å²) in [5.41, 5.74) is 16.1. The molecule has 10 N–H and O–H groups in total. The van der Waals surface area contributed by atoms with Gasteiger partial charge in [-0.15, -0.1) is 0 Å². The Morgan fingerprint density at radius 3 is 2.21 bits per heavy atom. The van der Waals surface area contributed by atoms with Crippen LogP contribution in [0.3, 0.4) is 0 Å². The number of carbonyl (C=O) groups is 4. The van der Waals surface area contributed by atoms with E-state index >= 15 is 0 Å². The highest BCUT2D eigenvalue weighted by molar-refractivity contribution is 7.80. The quantitative estimate of drug-likeness (QED) is 0.0651. The van der Waals surface area contributed by atoms with Gasteiger partial charge in [-0.1, -0.05) is 13.8 Å². The molecule has 29 heavy (non-hydrogen) atoms. The van der Waals surface area contributed by atoms with E-state index in [1.54, 1.807) is 13.8 Å². The molecule has 3 amide bonds. The lowest BCUT2D eigenvalue weighted by Gasteiger charge is -2.22. The van der Waals surface area contributed by atoms with Crippen molar-refractivity contribution < 1.29 is 24.3 Å². The van der Waals surface area contributed by atoms with Gasteiger partial charge in [0.25, 0.3) is 0 Å². The molecule has 166 valence electrons. The number of rotatable bonds is 13. The normalized spacial score (nSPS) is 13.7. The molecule has 13 heteroatoms. The lowest BCUT2D eigenvalue weighted by Crippen LogP contribution is -2.55. The second-order valence-corrected chi connectivity index (χ2v) is 7.01. The van der Waals surface area contributed by atoms with Crippen molar-refractivity contribution in [2.75, 3.05) is 18.8 Å². The summed E-state index contributed by atoms with van der Waals surface area (Å²) in [6, 6.07) is -3.00. The second-order valence-electron chi connectivity index (χ2n) is 6.64. The molecule has 0 aromatic carbocycles. The number of guanidine groups is 1. The third kappa shape index (κ3) is 11.1. The first-order chi connectivity index (χ1) is 13.5. The van der Waals surface area contributed by atoms with E-state index < -0.39 is 48.4 Å². The molecule has 0 radical (unpaired) electrons. The third-order valence-corrected chi connectivity index (χ3v) is 4.16. The Labute approximate surface area is 174 Å². The molecular weight excluding hydrogens is 402 g/mol. The van der Waals surface area contributed by atoms with Gasteiger partial charge in [0.15, 0.2) is 5.96 Å². The van der Waals surface area contributed by atoms with Crippen LogP contribution in [0.4, 0.5) is 0 Å². The van der Waals surface area contributed by atoms with Gasteiger partial charge in [0.1, 0.15) is 12.1 Å². The van der Waals surface area contributed by atoms with Crippen LogP contribution >= 0.6 is 12.6 Å². The fraction of sp³-hybridized carbons (Fsp3) is 0.688. The van der Waals surface area contributed by atoms with Crippen LogP contribution < -0.4 is 33.2 Å². The summed E-state index contributed by atoms with van der Waals surface area (Å²) in [5, 5.41) is 16.2. The van der Waals surface area contributed by atoms with Crippen molar-refractivity contribution in [2.45, 2.75) is 44.8 Å². The van der Waals surface area contributed by atoms with Crippen molar-refractivity contribution in [1.82, 2.24) is 16.0 Å². The van der Waals surface area contributed by atoms with Crippen molar-refractivity contribution in [2.24, 2.45) is 28.1 Å². The molecule has 12 nitrogen and oxygen atoms in total. The van der Waals surface area contributed by atoms with E-state index in [0.717, 1.165) is 0 Å². The van der Waals surface area contributed by atoms with E-state index in [2.05, 4.69) is 33.6 Å². The van der Waals surface area contributed by atoms with Gasteiger partial charge in [0, 0.05) is 12.3 Å². The summed E-state index contributed by atoms with van der Waals surface area (Å²) < 4.78 is 0. The first kappa shape index (κ1) is 26.5. The molecule has 0 saturated heterocycles. The van der Waals surface area contributed by atoms with E-state index in [0.29, 0.717) is 19.4 Å². The minimum atomic E-state index is -1.18. The van der Waals surface area contributed by atoms with Gasteiger partial charge in [-0.2, -0.15) is 12.6 Å². The van der Waals surface area contributed by atoms with Gasteiger partial charge in [-0.25, -0.2) is 4.79 Å². The maximum absolute atomic E-state index is 12.2. The topological polar surface area (TPSA) is 215 Å². The van der Waals surface area contributed by atoms with Crippen LogP contribution in [0.2, 0.25) is 0 Å². The first-order valence-corrected chi connectivity index (χ1v) is 9.64. The number of nitrogens with one attached hydrogen (secondary N) is 3. The molecule has 0 aliphatic rings. The van der Waals surface area contributed by atoms with Crippen molar-refractivity contribution in [3.05, 3.63) is 0 Å². The fourth-order valence-corrected chi connectivity index (χ4v) is 2.41. The van der Waals surface area contributed by atoms with Gasteiger partial charge in [-0.3, -0.25) is 19.4 Å². The fourth-order valence-electron chi connectivity index (χ4n) is 2.16. The highest BCUT2D eigenvalue weighted by atomic mass is 32.1. The number of nitrogens with two attached hydrogens (primary N) is 3. The van der Waals surface area contributed by atoms with Crippen molar-refractivity contribution in [3.8, 4) is 0 Å². The molecule has 3 atom stereocenters. The van der Waals surface area contributed by atoms with Gasteiger partial charge < -0.3 is 38.3 Å². The number of aliphatic imine (C=N–C) groups is 1. The molecule has 0 spiro atoms. The van der Waals surface area contributed by atoms with Gasteiger partial charge >= 0.3 is 5.97 Å². The molecule has 0 aromatic heterocycles. The van der Waals surface area contributed by atoms with Gasteiger partial charge in [0.05, 0.1) is 12.6 Å². The number of thiol groups is 1. The van der Waals surface area contributed by atoms with E-state index in [1.807, 2.05) is 0 Å². The number of amides is 3. The Balaban J connectivity index is 4.47. The number of aliphatic carboxylic acids is 1. The minimum absolute atomic E-state index is 0.0504. The molecule has 0 aliphatic carbocycles. The van der Waals surface area contributed by atoms with E-state index in [-0.39, 0.29) is 17.6 Å². The summed E-state index contributed by atoms with van der Waals surface area (Å²) in [5.74, 6) is -3.50. The number of carboxylic acids is 1. The van der Waals surface area contributed by atoms with Crippen LogP contribution in [0.5, 0.6) is 0 Å². The Hall–Kier alpha value is -2.54. The van der Waals surface area contributed by atoms with Crippen LogP contribution in [0.15, 0.2) is 4.99 Å². The first-order valence-electron chi connectivity index (χ1n) is 9.01. The molecule has 0 saturated carbocycles. The standard InChI is InChI=1S/C16H31N7O5S/c1-8(2)12(15(27)28)23-14(26)10(7-29)22-11(24)6-21-13(25)9(17)4-3-5-20-16(18)19/h8-10,12,29H,3-7,17H2,1-2H3,(H,21,25)(H,22,24)(H,23,26)(H,27,28)(H4,18,19,20). The van der Waals surface area contributed by atoms with Crippen LogP contribution in [-0.4, -0.2) is 71.7 Å². The molecule has 0 aromatic rings. The lowest BCUT2D eigenvalue weighted by atomic mass is 10.0. The highest BCUT2D eigenvalue weighted by Crippen LogP contribution is 2.03. The van der Waals surface area contributed by atoms with Gasteiger partial charge in [0.2, 0.25) is 17.7 Å². The van der Waals surface area contributed by atoms with Crippen molar-refractivity contribution >= 4 is 42.3 Å². The average molecular weight is 434 g/mol. The Kier molecular flexibility index (Phi) is 12.4. The molecule has 0 rings (SSSR count). The summed E-state index contributed by atoms with van der Waals surface area (Å²) in [6.45, 7) is 3.22. The van der Waals surface area contributed by atoms with Crippen LogP contribution in [0.1, 0.15) is 26.7 Å². The number of hydrogen-bond acceptors (Lipinski definition) is 7. The molecule has 0 aliphatic heterocycles. The number of nitrogens with zero attached hydrogens (tertiary/aromatic N) is 1. The number of hydrogen-bond donors (Lipinski definition) is 8. The van der Waals surface area contributed by atoms with Gasteiger partial charge in [-0.05, 0) is 18.8 Å². The smallest absolute Gasteiger partial charge is 0.326 e. The SMILES string of the molecule is CC(C)C(NC(=O)C(CS)NC(=O)CNC(=O)C(N)CCCN=C(N)N)C(=O)O. The number of carboxylic acid groups (broad SMARTS) is 1.